The van der Waals surface area contributed by atoms with Gasteiger partial charge in [-0.2, -0.15) is 5.10 Å². The van der Waals surface area contributed by atoms with Crippen LogP contribution in [-0.4, -0.2) is 40.5 Å². The number of alkyl halides is 1. The monoisotopic (exact) mass is 259 g/mol. The summed E-state index contributed by atoms with van der Waals surface area (Å²) in [7, 11) is 1.91. The van der Waals surface area contributed by atoms with E-state index in [9.17, 15) is 9.90 Å². The Morgan fingerprint density at radius 3 is 2.88 bits per heavy atom. The van der Waals surface area contributed by atoms with Crippen LogP contribution in [0.5, 0.6) is 0 Å². The first-order chi connectivity index (χ1) is 8.08. The second-order valence-electron chi connectivity index (χ2n) is 3.96. The summed E-state index contributed by atoms with van der Waals surface area (Å²) >= 11 is 5.48. The van der Waals surface area contributed by atoms with Gasteiger partial charge in [0.2, 0.25) is 0 Å². The fourth-order valence-corrected chi connectivity index (χ4v) is 1.58. The number of nitrogens with zero attached hydrogens (tertiary/aromatic N) is 3. The summed E-state index contributed by atoms with van der Waals surface area (Å²) in [5.41, 5.74) is 0.558. The van der Waals surface area contributed by atoms with Crippen LogP contribution in [0.4, 0.5) is 5.69 Å². The maximum absolute atomic E-state index is 11.7. The van der Waals surface area contributed by atoms with Crippen molar-refractivity contribution in [1.29, 1.82) is 0 Å². The molecule has 1 heterocycles. The molecule has 0 spiro atoms. The average Bonchev–Trinajstić information content (AvgIpc) is 2.31. The first kappa shape index (κ1) is 14.0. The van der Waals surface area contributed by atoms with E-state index in [4.69, 9.17) is 11.6 Å². The lowest BCUT2D eigenvalue weighted by Crippen LogP contribution is -2.30. The van der Waals surface area contributed by atoms with Crippen molar-refractivity contribution in [3.8, 4) is 0 Å². The lowest BCUT2D eigenvalue weighted by atomic mass is 10.3. The molecule has 0 fully saturated rings. The van der Waals surface area contributed by atoms with Crippen molar-refractivity contribution in [3.05, 3.63) is 22.6 Å². The highest BCUT2D eigenvalue weighted by atomic mass is 35.5. The molecule has 17 heavy (non-hydrogen) atoms. The minimum atomic E-state index is -0.749. The van der Waals surface area contributed by atoms with Crippen molar-refractivity contribution in [2.75, 3.05) is 24.4 Å². The van der Waals surface area contributed by atoms with Gasteiger partial charge >= 0.3 is 0 Å². The number of halogens is 1. The summed E-state index contributed by atoms with van der Waals surface area (Å²) < 4.78 is 1.22. The molecule has 0 bridgehead atoms. The number of aliphatic hydroxyl groups excluding tert-OH is 1. The predicted octanol–water partition coefficient (Wildman–Crippen LogP) is 0.689. The quantitative estimate of drug-likeness (QED) is 0.764. The van der Waals surface area contributed by atoms with Crippen molar-refractivity contribution in [2.24, 2.45) is 0 Å². The van der Waals surface area contributed by atoms with Gasteiger partial charge < -0.3 is 10.0 Å². The molecular formula is C11H18ClN3O2. The Balaban J connectivity index is 2.82. The van der Waals surface area contributed by atoms with Crippen molar-refractivity contribution in [2.45, 2.75) is 26.0 Å². The fourth-order valence-electron chi connectivity index (χ4n) is 1.48. The Morgan fingerprint density at radius 1 is 1.65 bits per heavy atom. The molecule has 1 atom stereocenters. The van der Waals surface area contributed by atoms with E-state index in [1.165, 1.54) is 10.7 Å². The van der Waals surface area contributed by atoms with Crippen LogP contribution in [0.2, 0.25) is 0 Å². The molecule has 0 aromatic carbocycles. The summed E-state index contributed by atoms with van der Waals surface area (Å²) in [4.78, 5) is 13.7. The van der Waals surface area contributed by atoms with E-state index >= 15 is 0 Å². The molecule has 0 amide bonds. The summed E-state index contributed by atoms with van der Waals surface area (Å²) in [6.45, 7) is 3.07. The van der Waals surface area contributed by atoms with E-state index in [2.05, 4.69) is 12.0 Å². The minimum absolute atomic E-state index is 0.0889. The van der Waals surface area contributed by atoms with Gasteiger partial charge in [0.15, 0.2) is 0 Å². The maximum Gasteiger partial charge on any atom is 0.268 e. The highest BCUT2D eigenvalue weighted by Crippen LogP contribution is 2.07. The predicted molar refractivity (Wildman–Crippen MR) is 68.8 cm³/mol. The van der Waals surface area contributed by atoms with Crippen molar-refractivity contribution < 1.29 is 5.11 Å². The Labute approximate surface area is 106 Å². The number of aromatic nitrogens is 2. The fraction of sp³-hybridized carbons (Fsp3) is 0.636. The number of rotatable bonds is 6. The second-order valence-corrected chi connectivity index (χ2v) is 4.27. The molecule has 0 saturated carbocycles. The summed E-state index contributed by atoms with van der Waals surface area (Å²) in [6.07, 6.45) is 1.88. The van der Waals surface area contributed by atoms with Crippen LogP contribution in [-0.2, 0) is 6.54 Å². The Hall–Kier alpha value is -1.07. The Bertz CT molecular complexity index is 408. The van der Waals surface area contributed by atoms with Crippen LogP contribution >= 0.6 is 11.6 Å². The summed E-state index contributed by atoms with van der Waals surface area (Å²) in [5.74, 6) is 0.0889. The van der Waals surface area contributed by atoms with Gasteiger partial charge in [-0.05, 0) is 6.42 Å². The number of anilines is 1. The molecule has 6 heteroatoms. The van der Waals surface area contributed by atoms with Crippen LogP contribution in [0, 0.1) is 0 Å². The molecule has 0 aliphatic carbocycles. The third-order valence-corrected chi connectivity index (χ3v) is 2.77. The van der Waals surface area contributed by atoms with Gasteiger partial charge in [0.1, 0.15) is 0 Å². The molecular weight excluding hydrogens is 242 g/mol. The van der Waals surface area contributed by atoms with Gasteiger partial charge in [0.05, 0.1) is 30.4 Å². The molecule has 0 aliphatic heterocycles. The lowest BCUT2D eigenvalue weighted by Gasteiger charge is -2.18. The molecule has 0 saturated heterocycles. The molecule has 0 radical (unpaired) electrons. The van der Waals surface area contributed by atoms with E-state index in [0.717, 1.165) is 18.7 Å². The maximum atomic E-state index is 11.7. The molecule has 1 N–H and O–H groups in total. The van der Waals surface area contributed by atoms with E-state index in [1.807, 2.05) is 11.9 Å². The first-order valence-corrected chi connectivity index (χ1v) is 6.14. The van der Waals surface area contributed by atoms with Gasteiger partial charge in [-0.1, -0.05) is 6.92 Å². The van der Waals surface area contributed by atoms with E-state index in [-0.39, 0.29) is 18.0 Å². The van der Waals surface area contributed by atoms with Gasteiger partial charge in [0, 0.05) is 19.7 Å². The minimum Gasteiger partial charge on any atom is -0.390 e. The molecule has 1 aromatic heterocycles. The standard InChI is InChI=1S/C11H18ClN3O2/c1-3-4-14(2)9-5-11(17)15(13-7-9)8-10(16)6-12/h5,7,10,16H,3-4,6,8H2,1-2H3. The number of aliphatic hydroxyl groups is 1. The highest BCUT2D eigenvalue weighted by Gasteiger charge is 2.08. The zero-order valence-electron chi connectivity index (χ0n) is 10.1. The molecule has 1 aromatic rings. The van der Waals surface area contributed by atoms with Crippen LogP contribution in [0.15, 0.2) is 17.1 Å². The average molecular weight is 260 g/mol. The van der Waals surface area contributed by atoms with Gasteiger partial charge in [0.25, 0.3) is 5.56 Å². The molecule has 1 rings (SSSR count). The van der Waals surface area contributed by atoms with Crippen molar-refractivity contribution in [1.82, 2.24) is 9.78 Å². The second kappa shape index (κ2) is 6.61. The van der Waals surface area contributed by atoms with Crippen LogP contribution in [0.25, 0.3) is 0 Å². The zero-order chi connectivity index (χ0) is 12.8. The summed E-state index contributed by atoms with van der Waals surface area (Å²) in [5, 5.41) is 13.4. The van der Waals surface area contributed by atoms with Crippen molar-refractivity contribution >= 4 is 17.3 Å². The molecule has 5 nitrogen and oxygen atoms in total. The topological polar surface area (TPSA) is 58.4 Å². The number of hydrogen-bond donors (Lipinski definition) is 1. The Kier molecular flexibility index (Phi) is 5.44. The number of hydrogen-bond acceptors (Lipinski definition) is 4. The van der Waals surface area contributed by atoms with E-state index in [0.29, 0.717) is 0 Å². The lowest BCUT2D eigenvalue weighted by molar-refractivity contribution is 0.169. The normalized spacial score (nSPS) is 12.5. The van der Waals surface area contributed by atoms with Crippen molar-refractivity contribution in [3.63, 3.8) is 0 Å². The van der Waals surface area contributed by atoms with Gasteiger partial charge in [-0.15, -0.1) is 11.6 Å². The third-order valence-electron chi connectivity index (χ3n) is 2.42. The zero-order valence-corrected chi connectivity index (χ0v) is 10.9. The van der Waals surface area contributed by atoms with E-state index in [1.54, 1.807) is 6.20 Å². The first-order valence-electron chi connectivity index (χ1n) is 5.60. The highest BCUT2D eigenvalue weighted by molar-refractivity contribution is 6.18. The van der Waals surface area contributed by atoms with Gasteiger partial charge in [-0.3, -0.25) is 4.79 Å². The van der Waals surface area contributed by atoms with Crippen LogP contribution in [0.1, 0.15) is 13.3 Å². The largest absolute Gasteiger partial charge is 0.390 e. The molecule has 0 aliphatic rings. The van der Waals surface area contributed by atoms with E-state index < -0.39 is 6.10 Å². The van der Waals surface area contributed by atoms with Crippen LogP contribution in [0.3, 0.4) is 0 Å². The summed E-state index contributed by atoms with van der Waals surface area (Å²) in [6, 6.07) is 1.52. The van der Waals surface area contributed by atoms with Gasteiger partial charge in [-0.25, -0.2) is 4.68 Å². The molecule has 96 valence electrons. The Morgan fingerprint density at radius 2 is 2.35 bits per heavy atom. The molecule has 1 unspecified atom stereocenters. The van der Waals surface area contributed by atoms with Crippen LogP contribution < -0.4 is 10.5 Å². The smallest absolute Gasteiger partial charge is 0.268 e. The third kappa shape index (κ3) is 4.02. The SMILES string of the molecule is CCCN(C)c1cnn(CC(O)CCl)c(=O)c1.